The highest BCUT2D eigenvalue weighted by Crippen LogP contribution is 2.36. The minimum atomic E-state index is -1.82. The molecule has 4 rings (SSSR count). The summed E-state index contributed by atoms with van der Waals surface area (Å²) in [5.41, 5.74) is 1.25. The van der Waals surface area contributed by atoms with Crippen LogP contribution in [-0.2, 0) is 14.3 Å². The number of aliphatic carboxylic acids is 2. The van der Waals surface area contributed by atoms with Gasteiger partial charge in [-0.1, -0.05) is 37.8 Å². The van der Waals surface area contributed by atoms with Crippen molar-refractivity contribution in [3.63, 3.8) is 0 Å². The lowest BCUT2D eigenvalue weighted by molar-refractivity contribution is -0.159. The van der Waals surface area contributed by atoms with E-state index in [9.17, 15) is 4.79 Å². The summed E-state index contributed by atoms with van der Waals surface area (Å²) >= 11 is 0. The lowest BCUT2D eigenvalue weighted by atomic mass is 9.87. The van der Waals surface area contributed by atoms with Gasteiger partial charge >= 0.3 is 17.9 Å². The van der Waals surface area contributed by atoms with Crippen molar-refractivity contribution in [3.05, 3.63) is 35.6 Å². The average Bonchev–Trinajstić information content (AvgIpc) is 3.25. The molecule has 1 aliphatic carbocycles. The molecule has 2 aromatic rings. The molecule has 2 fully saturated rings. The van der Waals surface area contributed by atoms with Crippen molar-refractivity contribution in [3.8, 4) is 0 Å². The van der Waals surface area contributed by atoms with Crippen LogP contribution < -0.4 is 0 Å². The summed E-state index contributed by atoms with van der Waals surface area (Å²) in [6.45, 7) is 3.52. The van der Waals surface area contributed by atoms with Crippen molar-refractivity contribution in [1.82, 2.24) is 4.90 Å². The van der Waals surface area contributed by atoms with Crippen LogP contribution in [0.4, 0.5) is 0 Å². The van der Waals surface area contributed by atoms with Crippen LogP contribution in [0.2, 0.25) is 0 Å². The topological polar surface area (TPSA) is 117 Å². The van der Waals surface area contributed by atoms with Crippen LogP contribution in [-0.4, -0.2) is 59.3 Å². The monoisotopic (exact) mass is 445 g/mol. The molecule has 0 atom stereocenters. The predicted molar refractivity (Wildman–Crippen MR) is 118 cm³/mol. The number of ether oxygens (including phenoxy) is 1. The van der Waals surface area contributed by atoms with Crippen molar-refractivity contribution in [2.75, 3.05) is 26.2 Å². The molecule has 1 saturated carbocycles. The number of carbonyl (C=O) groups is 3. The van der Waals surface area contributed by atoms with E-state index in [-0.39, 0.29) is 5.97 Å². The fourth-order valence-corrected chi connectivity index (χ4v) is 4.36. The van der Waals surface area contributed by atoms with Crippen LogP contribution in [0.3, 0.4) is 0 Å². The van der Waals surface area contributed by atoms with Crippen molar-refractivity contribution < 1.29 is 33.8 Å². The molecule has 0 bridgehead atoms. The number of carboxylic acid groups (broad SMARTS) is 2. The Bertz CT molecular complexity index is 912. The molecule has 0 amide bonds. The first-order valence-corrected chi connectivity index (χ1v) is 11.3. The Morgan fingerprint density at radius 3 is 2.28 bits per heavy atom. The summed E-state index contributed by atoms with van der Waals surface area (Å²) in [7, 11) is 0. The van der Waals surface area contributed by atoms with Crippen molar-refractivity contribution in [1.29, 1.82) is 0 Å². The smallest absolute Gasteiger partial charge is 0.414 e. The van der Waals surface area contributed by atoms with E-state index in [0.29, 0.717) is 23.7 Å². The molecule has 2 N–H and O–H groups in total. The third-order valence-corrected chi connectivity index (χ3v) is 6.06. The fraction of sp³-hybridized carbons (Fsp3) is 0.542. The molecule has 32 heavy (non-hydrogen) atoms. The standard InChI is InChI=1S/C22H29NO3.C2H2O4/c24-22(25-15-14-23-12-5-2-6-13-23)19-11-7-10-18-16-20(26-21(18)19)17-8-3-1-4-9-17;3-1(4)2(5)6/h7,10-11,16-17H,1-6,8-9,12-15H2;(H,3,4)(H,5,6). The van der Waals surface area contributed by atoms with Gasteiger partial charge in [0.2, 0.25) is 0 Å². The summed E-state index contributed by atoms with van der Waals surface area (Å²) in [5, 5.41) is 15.8. The van der Waals surface area contributed by atoms with E-state index >= 15 is 0 Å². The van der Waals surface area contributed by atoms with E-state index in [4.69, 9.17) is 29.0 Å². The zero-order valence-electron chi connectivity index (χ0n) is 18.3. The Balaban J connectivity index is 0.000000427. The molecule has 1 saturated heterocycles. The molecule has 8 heteroatoms. The Labute approximate surface area is 187 Å². The number of furan rings is 1. The molecule has 0 spiro atoms. The number of hydrogen-bond donors (Lipinski definition) is 2. The molecule has 8 nitrogen and oxygen atoms in total. The summed E-state index contributed by atoms with van der Waals surface area (Å²) in [4.78, 5) is 33.2. The zero-order valence-corrected chi connectivity index (χ0v) is 18.3. The van der Waals surface area contributed by atoms with Gasteiger partial charge in [-0.05, 0) is 50.9 Å². The van der Waals surface area contributed by atoms with Gasteiger partial charge in [0.05, 0.1) is 0 Å². The lowest BCUT2D eigenvalue weighted by Crippen LogP contribution is -2.33. The summed E-state index contributed by atoms with van der Waals surface area (Å²) in [5.74, 6) is -2.38. The second-order valence-corrected chi connectivity index (χ2v) is 8.36. The first kappa shape index (κ1) is 23.8. The third-order valence-electron chi connectivity index (χ3n) is 6.06. The predicted octanol–water partition coefficient (Wildman–Crippen LogP) is 4.28. The van der Waals surface area contributed by atoms with E-state index in [0.717, 1.165) is 30.8 Å². The highest BCUT2D eigenvalue weighted by Gasteiger charge is 2.22. The highest BCUT2D eigenvalue weighted by atomic mass is 16.5. The van der Waals surface area contributed by atoms with Crippen LogP contribution in [0.15, 0.2) is 28.7 Å². The maximum Gasteiger partial charge on any atom is 0.414 e. The number of nitrogens with zero attached hydrogens (tertiary/aromatic N) is 1. The number of carbonyl (C=O) groups excluding carboxylic acids is 1. The normalized spacial score (nSPS) is 17.4. The molecule has 0 radical (unpaired) electrons. The number of para-hydroxylation sites is 1. The number of rotatable bonds is 5. The minimum absolute atomic E-state index is 0.267. The maximum absolute atomic E-state index is 12.6. The minimum Gasteiger partial charge on any atom is -0.473 e. The Hall–Kier alpha value is -2.87. The lowest BCUT2D eigenvalue weighted by Gasteiger charge is -2.25. The number of esters is 1. The largest absolute Gasteiger partial charge is 0.473 e. The molecular formula is C24H31NO7. The number of fused-ring (bicyclic) bond motifs is 1. The Morgan fingerprint density at radius 1 is 0.969 bits per heavy atom. The number of likely N-dealkylation sites (tertiary alicyclic amines) is 1. The van der Waals surface area contributed by atoms with Crippen molar-refractivity contribution >= 4 is 28.9 Å². The summed E-state index contributed by atoms with van der Waals surface area (Å²) in [6, 6.07) is 7.88. The van der Waals surface area contributed by atoms with Gasteiger partial charge < -0.3 is 19.4 Å². The van der Waals surface area contributed by atoms with Gasteiger partial charge in [-0.15, -0.1) is 0 Å². The quantitative estimate of drug-likeness (QED) is 0.517. The number of piperidine rings is 1. The Kier molecular flexibility index (Phi) is 8.67. The first-order valence-electron chi connectivity index (χ1n) is 11.3. The molecule has 1 aromatic carbocycles. The summed E-state index contributed by atoms with van der Waals surface area (Å²) < 4.78 is 11.7. The number of benzene rings is 1. The van der Waals surface area contributed by atoms with Gasteiger partial charge in [0.15, 0.2) is 0 Å². The fourth-order valence-electron chi connectivity index (χ4n) is 4.36. The highest BCUT2D eigenvalue weighted by molar-refractivity contribution is 6.27. The molecule has 1 aromatic heterocycles. The SMILES string of the molecule is O=C(O)C(=O)O.O=C(OCCN1CCCCC1)c1cccc2cc(C3CCCCC3)oc12. The van der Waals surface area contributed by atoms with Gasteiger partial charge in [0.1, 0.15) is 23.5 Å². The van der Waals surface area contributed by atoms with E-state index in [1.807, 2.05) is 18.2 Å². The summed E-state index contributed by atoms with van der Waals surface area (Å²) in [6.07, 6.45) is 10.1. The molecule has 2 heterocycles. The maximum atomic E-state index is 12.6. The number of hydrogen-bond acceptors (Lipinski definition) is 6. The average molecular weight is 446 g/mol. The van der Waals surface area contributed by atoms with Crippen LogP contribution >= 0.6 is 0 Å². The molecule has 174 valence electrons. The van der Waals surface area contributed by atoms with E-state index in [2.05, 4.69) is 11.0 Å². The van der Waals surface area contributed by atoms with E-state index in [1.54, 1.807) is 0 Å². The van der Waals surface area contributed by atoms with Crippen LogP contribution in [0.5, 0.6) is 0 Å². The molecular weight excluding hydrogens is 414 g/mol. The van der Waals surface area contributed by atoms with Gasteiger partial charge in [-0.3, -0.25) is 4.90 Å². The van der Waals surface area contributed by atoms with Gasteiger partial charge in [0, 0.05) is 17.8 Å². The van der Waals surface area contributed by atoms with Crippen LogP contribution in [0.1, 0.15) is 73.4 Å². The van der Waals surface area contributed by atoms with E-state index < -0.39 is 11.9 Å². The van der Waals surface area contributed by atoms with E-state index in [1.165, 1.54) is 51.4 Å². The third kappa shape index (κ3) is 6.56. The van der Waals surface area contributed by atoms with Crippen LogP contribution in [0.25, 0.3) is 11.0 Å². The van der Waals surface area contributed by atoms with Gasteiger partial charge in [-0.2, -0.15) is 0 Å². The van der Waals surface area contributed by atoms with Gasteiger partial charge in [-0.25, -0.2) is 14.4 Å². The molecule has 1 aliphatic heterocycles. The first-order chi connectivity index (χ1) is 15.5. The molecule has 2 aliphatic rings. The second kappa shape index (κ2) is 11.7. The van der Waals surface area contributed by atoms with Crippen molar-refractivity contribution in [2.24, 2.45) is 0 Å². The van der Waals surface area contributed by atoms with Gasteiger partial charge in [0.25, 0.3) is 0 Å². The molecule has 0 unspecified atom stereocenters. The second-order valence-electron chi connectivity index (χ2n) is 8.36. The Morgan fingerprint density at radius 2 is 1.62 bits per heavy atom. The number of carboxylic acids is 2. The zero-order chi connectivity index (χ0) is 22.9. The van der Waals surface area contributed by atoms with Crippen molar-refractivity contribution in [2.45, 2.75) is 57.3 Å². The van der Waals surface area contributed by atoms with Crippen LogP contribution in [0, 0.1) is 0 Å².